The van der Waals surface area contributed by atoms with Gasteiger partial charge in [0.25, 0.3) is 0 Å². The van der Waals surface area contributed by atoms with Crippen molar-refractivity contribution in [3.05, 3.63) is 53.8 Å². The molecule has 0 amide bonds. The molecule has 0 aliphatic heterocycles. The van der Waals surface area contributed by atoms with Crippen molar-refractivity contribution >= 4 is 14.1 Å². The van der Waals surface area contributed by atoms with Crippen LogP contribution in [-0.4, -0.2) is 19.1 Å². The lowest BCUT2D eigenvalue weighted by atomic mass is 10.0. The summed E-state index contributed by atoms with van der Waals surface area (Å²) in [6.07, 6.45) is 9.63. The number of unbranched alkanes of at least 4 members (excludes halogenated alkanes) is 1. The molecule has 0 saturated carbocycles. The Bertz CT molecular complexity index is 537. The molecule has 22 heavy (non-hydrogen) atoms. The van der Waals surface area contributed by atoms with Gasteiger partial charge in [-0.25, -0.2) is 0 Å². The Morgan fingerprint density at radius 1 is 1.14 bits per heavy atom. The fourth-order valence-electron chi connectivity index (χ4n) is 3.49. The van der Waals surface area contributed by atoms with Crippen molar-refractivity contribution in [2.45, 2.75) is 65.5 Å². The summed E-state index contributed by atoms with van der Waals surface area (Å²) in [6, 6.07) is 11.1. The molecule has 0 spiro atoms. The fraction of sp³-hybridized carbons (Fsp3) is 0.500. The average molecular weight is 314 g/mol. The van der Waals surface area contributed by atoms with Crippen LogP contribution in [-0.2, 0) is 0 Å². The third-order valence-corrected chi connectivity index (χ3v) is 7.69. The first-order valence-corrected chi connectivity index (χ1v) is 10.9. The molecule has 0 heterocycles. The largest absolute Gasteiger partial charge is 0.394 e. The van der Waals surface area contributed by atoms with Gasteiger partial charge in [-0.1, -0.05) is 62.4 Å². The molecule has 1 aromatic carbocycles. The topological polar surface area (TPSA) is 3.24 Å². The number of hydrogen-bond donors (Lipinski definition) is 0. The van der Waals surface area contributed by atoms with Crippen LogP contribution < -0.4 is 5.19 Å². The van der Waals surface area contributed by atoms with Crippen molar-refractivity contribution < 1.29 is 0 Å². The van der Waals surface area contributed by atoms with Crippen LogP contribution >= 0.6 is 0 Å². The molecule has 0 bridgehead atoms. The van der Waals surface area contributed by atoms with Gasteiger partial charge in [0.1, 0.15) is 0 Å². The smallest absolute Gasteiger partial charge is 0.169 e. The van der Waals surface area contributed by atoms with E-state index in [4.69, 9.17) is 0 Å². The van der Waals surface area contributed by atoms with Crippen molar-refractivity contribution in [1.29, 1.82) is 0 Å². The first kappa shape index (κ1) is 17.1. The van der Waals surface area contributed by atoms with Crippen molar-refractivity contribution in [2.75, 3.05) is 0 Å². The summed E-state index contributed by atoms with van der Waals surface area (Å²) in [5, 5.41) is 1.53. The number of nitrogens with zero attached hydrogens (tertiary/aromatic N) is 1. The second-order valence-electron chi connectivity index (χ2n) is 7.31. The van der Waals surface area contributed by atoms with Gasteiger partial charge in [0.05, 0.1) is 0 Å². The second-order valence-corrected chi connectivity index (χ2v) is 9.84. The number of allylic oxidation sites excluding steroid dienone is 3. The zero-order valence-corrected chi connectivity index (χ0v) is 16.0. The molecular formula is C20H31NSi. The van der Waals surface area contributed by atoms with Crippen molar-refractivity contribution in [3.8, 4) is 0 Å². The van der Waals surface area contributed by atoms with Gasteiger partial charge in [-0.3, -0.25) is 0 Å². The number of rotatable bonds is 6. The maximum Gasteiger partial charge on any atom is 0.169 e. The lowest BCUT2D eigenvalue weighted by Crippen LogP contribution is -2.54. The minimum atomic E-state index is -1.19. The zero-order chi connectivity index (χ0) is 16.2. The first-order chi connectivity index (χ1) is 10.4. The van der Waals surface area contributed by atoms with Gasteiger partial charge in [0.2, 0.25) is 0 Å². The maximum atomic E-state index is 2.77. The highest BCUT2D eigenvalue weighted by Crippen LogP contribution is 2.32. The molecule has 1 aliphatic carbocycles. The summed E-state index contributed by atoms with van der Waals surface area (Å²) in [7, 11) is -1.19. The lowest BCUT2D eigenvalue weighted by Gasteiger charge is -2.44. The molecule has 0 radical (unpaired) electrons. The molecule has 1 nitrogen and oxygen atoms in total. The summed E-state index contributed by atoms with van der Waals surface area (Å²) in [5.74, 6) is 0. The van der Waals surface area contributed by atoms with Gasteiger partial charge < -0.3 is 4.57 Å². The van der Waals surface area contributed by atoms with Crippen LogP contribution in [0.15, 0.2) is 53.8 Å². The Labute approximate surface area is 138 Å². The molecule has 0 aromatic heterocycles. The van der Waals surface area contributed by atoms with Crippen LogP contribution in [0.3, 0.4) is 0 Å². The highest BCUT2D eigenvalue weighted by molar-refractivity contribution is 6.70. The van der Waals surface area contributed by atoms with E-state index in [0.29, 0.717) is 0 Å². The summed E-state index contributed by atoms with van der Waals surface area (Å²) in [5.41, 5.74) is 3.34. The van der Waals surface area contributed by atoms with Crippen molar-refractivity contribution in [2.24, 2.45) is 0 Å². The summed E-state index contributed by atoms with van der Waals surface area (Å²) >= 11 is 0. The Kier molecular flexibility index (Phi) is 5.68. The van der Waals surface area contributed by atoms with E-state index in [-0.39, 0.29) is 5.54 Å². The fourth-order valence-corrected chi connectivity index (χ4v) is 6.47. The standard InChI is InChI=1S/C20H31NSi/c1-6-7-12-17-13-11-16-19(17)21(20(2,3)4)22(5)18-14-9-8-10-15-18/h8-11,13-15,22H,6-7,12,16H2,1-5H3. The van der Waals surface area contributed by atoms with Crippen LogP contribution in [0.1, 0.15) is 53.4 Å². The molecule has 0 saturated heterocycles. The number of hydrogen-bond acceptors (Lipinski definition) is 1. The minimum Gasteiger partial charge on any atom is -0.394 e. The molecule has 0 N–H and O–H groups in total. The molecule has 1 unspecified atom stereocenters. The third kappa shape index (κ3) is 3.92. The van der Waals surface area contributed by atoms with Crippen LogP contribution in [0.4, 0.5) is 0 Å². The molecular weight excluding hydrogens is 282 g/mol. The minimum absolute atomic E-state index is 0.181. The SMILES string of the molecule is CCCCC1=C(N([SiH](C)c2ccccc2)C(C)(C)C)CC=C1. The average Bonchev–Trinajstić information content (AvgIpc) is 2.92. The van der Waals surface area contributed by atoms with Gasteiger partial charge in [-0.15, -0.1) is 0 Å². The van der Waals surface area contributed by atoms with E-state index >= 15 is 0 Å². The number of benzene rings is 1. The molecule has 1 atom stereocenters. The van der Waals surface area contributed by atoms with Gasteiger partial charge in [-0.2, -0.15) is 0 Å². The highest BCUT2D eigenvalue weighted by atomic mass is 28.3. The van der Waals surface area contributed by atoms with E-state index in [1.807, 2.05) is 0 Å². The third-order valence-electron chi connectivity index (χ3n) is 4.48. The Morgan fingerprint density at radius 2 is 1.82 bits per heavy atom. The second kappa shape index (κ2) is 7.32. The van der Waals surface area contributed by atoms with E-state index < -0.39 is 8.96 Å². The van der Waals surface area contributed by atoms with E-state index in [0.717, 1.165) is 6.42 Å². The molecule has 0 fully saturated rings. The van der Waals surface area contributed by atoms with Gasteiger partial charge in [-0.05, 0) is 44.4 Å². The normalized spacial score (nSPS) is 16.2. The van der Waals surface area contributed by atoms with Gasteiger partial charge in [0, 0.05) is 17.7 Å². The summed E-state index contributed by atoms with van der Waals surface area (Å²) in [4.78, 5) is 0. The summed E-state index contributed by atoms with van der Waals surface area (Å²) < 4.78 is 2.77. The predicted molar refractivity (Wildman–Crippen MR) is 101 cm³/mol. The maximum absolute atomic E-state index is 2.77. The van der Waals surface area contributed by atoms with E-state index in [2.05, 4.69) is 81.3 Å². The van der Waals surface area contributed by atoms with Gasteiger partial charge in [0.15, 0.2) is 8.96 Å². The molecule has 120 valence electrons. The Hall–Kier alpha value is -1.28. The Morgan fingerprint density at radius 3 is 2.41 bits per heavy atom. The predicted octanol–water partition coefficient (Wildman–Crippen LogP) is 4.75. The molecule has 1 aliphatic rings. The van der Waals surface area contributed by atoms with Crippen molar-refractivity contribution in [1.82, 2.24) is 4.57 Å². The van der Waals surface area contributed by atoms with Crippen molar-refractivity contribution in [3.63, 3.8) is 0 Å². The highest BCUT2D eigenvalue weighted by Gasteiger charge is 2.31. The van der Waals surface area contributed by atoms with Crippen LogP contribution in [0.5, 0.6) is 0 Å². The van der Waals surface area contributed by atoms with Crippen LogP contribution in [0.2, 0.25) is 6.55 Å². The quantitative estimate of drug-likeness (QED) is 0.685. The lowest BCUT2D eigenvalue weighted by molar-refractivity contribution is 0.298. The van der Waals surface area contributed by atoms with Crippen LogP contribution in [0.25, 0.3) is 0 Å². The van der Waals surface area contributed by atoms with Gasteiger partial charge >= 0.3 is 0 Å². The van der Waals surface area contributed by atoms with E-state index in [1.54, 1.807) is 11.3 Å². The first-order valence-electron chi connectivity index (χ1n) is 8.68. The zero-order valence-electron chi connectivity index (χ0n) is 14.9. The Balaban J connectivity index is 2.35. The monoisotopic (exact) mass is 313 g/mol. The molecule has 1 aromatic rings. The molecule has 2 heteroatoms. The van der Waals surface area contributed by atoms with E-state index in [9.17, 15) is 0 Å². The summed E-state index contributed by atoms with van der Waals surface area (Å²) in [6.45, 7) is 11.8. The molecule has 2 rings (SSSR count). The van der Waals surface area contributed by atoms with E-state index in [1.165, 1.54) is 24.4 Å². The van der Waals surface area contributed by atoms with Crippen LogP contribution in [0, 0.1) is 0 Å².